The molecular formula is C33H35N2+. The van der Waals surface area contributed by atoms with Crippen molar-refractivity contribution in [1.82, 2.24) is 0 Å². The van der Waals surface area contributed by atoms with Crippen LogP contribution in [0.1, 0.15) is 38.8 Å². The van der Waals surface area contributed by atoms with Crippen LogP contribution in [0.3, 0.4) is 0 Å². The lowest BCUT2D eigenvalue weighted by Gasteiger charge is -2.23. The van der Waals surface area contributed by atoms with Gasteiger partial charge in [-0.15, -0.1) is 0 Å². The molecule has 0 unspecified atom stereocenters. The number of para-hydroxylation sites is 1. The number of allylic oxidation sites excluding steroid dienone is 8. The average molecular weight is 460 g/mol. The van der Waals surface area contributed by atoms with Gasteiger partial charge in [-0.25, -0.2) is 0 Å². The minimum Gasteiger partial charge on any atom is -0.347 e. The Kier molecular flexibility index (Phi) is 5.63. The molecule has 2 aliphatic heterocycles. The lowest BCUT2D eigenvalue weighted by Crippen LogP contribution is -2.26. The predicted molar refractivity (Wildman–Crippen MR) is 151 cm³/mol. The third-order valence-corrected chi connectivity index (χ3v) is 7.79. The van der Waals surface area contributed by atoms with Crippen LogP contribution < -0.4 is 4.90 Å². The minimum absolute atomic E-state index is 0.00770. The average Bonchev–Trinajstić information content (AvgIpc) is 3.17. The molecule has 0 radical (unpaired) electrons. The molecule has 35 heavy (non-hydrogen) atoms. The van der Waals surface area contributed by atoms with Crippen LogP contribution in [0, 0.1) is 0 Å². The molecule has 2 nitrogen and oxygen atoms in total. The molecule has 0 N–H and O–H groups in total. The molecule has 0 aromatic heterocycles. The summed E-state index contributed by atoms with van der Waals surface area (Å²) in [5.41, 5.74) is 7.97. The Hall–Kier alpha value is -3.65. The second kappa shape index (κ2) is 8.53. The van der Waals surface area contributed by atoms with E-state index in [9.17, 15) is 0 Å². The minimum atomic E-state index is -0.0524. The zero-order chi connectivity index (χ0) is 24.8. The van der Waals surface area contributed by atoms with E-state index in [-0.39, 0.29) is 10.8 Å². The highest BCUT2D eigenvalue weighted by Gasteiger charge is 2.44. The van der Waals surface area contributed by atoms with Crippen molar-refractivity contribution in [2.75, 3.05) is 19.0 Å². The predicted octanol–water partition coefficient (Wildman–Crippen LogP) is 7.83. The Labute approximate surface area is 209 Å². The second-order valence-electron chi connectivity index (χ2n) is 10.6. The SMILES string of the molecule is CN1/C(=C/C=C/C=C/C=C/C2=[N+](C)c3ccc4ccccc4c3C2(C)C)C(C)(C)c2ccccc21. The Bertz CT molecular complexity index is 1460. The summed E-state index contributed by atoms with van der Waals surface area (Å²) in [6.45, 7) is 9.25. The smallest absolute Gasteiger partial charge is 0.210 e. The van der Waals surface area contributed by atoms with E-state index in [1.165, 1.54) is 44.7 Å². The van der Waals surface area contributed by atoms with Crippen LogP contribution in [-0.2, 0) is 10.8 Å². The van der Waals surface area contributed by atoms with E-state index in [0.29, 0.717) is 0 Å². The zero-order valence-corrected chi connectivity index (χ0v) is 21.7. The Morgan fingerprint density at radius 2 is 1.43 bits per heavy atom. The van der Waals surface area contributed by atoms with Crippen molar-refractivity contribution in [1.29, 1.82) is 0 Å². The topological polar surface area (TPSA) is 6.25 Å². The van der Waals surface area contributed by atoms with E-state index in [4.69, 9.17) is 0 Å². The van der Waals surface area contributed by atoms with Crippen molar-refractivity contribution < 1.29 is 4.58 Å². The maximum atomic E-state index is 2.34. The van der Waals surface area contributed by atoms with Gasteiger partial charge in [0.15, 0.2) is 5.71 Å². The van der Waals surface area contributed by atoms with Gasteiger partial charge in [-0.3, -0.25) is 0 Å². The van der Waals surface area contributed by atoms with Gasteiger partial charge in [0.1, 0.15) is 7.05 Å². The van der Waals surface area contributed by atoms with Gasteiger partial charge in [-0.1, -0.05) is 86.7 Å². The first-order valence-corrected chi connectivity index (χ1v) is 12.4. The van der Waals surface area contributed by atoms with Crippen LogP contribution in [0.2, 0.25) is 0 Å². The molecule has 0 saturated carbocycles. The molecule has 176 valence electrons. The number of benzene rings is 3. The van der Waals surface area contributed by atoms with Gasteiger partial charge in [-0.05, 0) is 48.4 Å². The van der Waals surface area contributed by atoms with Gasteiger partial charge in [-0.2, -0.15) is 4.58 Å². The Morgan fingerprint density at radius 1 is 0.743 bits per heavy atom. The van der Waals surface area contributed by atoms with E-state index >= 15 is 0 Å². The van der Waals surface area contributed by atoms with Gasteiger partial charge in [0.05, 0.1) is 5.41 Å². The summed E-state index contributed by atoms with van der Waals surface area (Å²) in [5.74, 6) is 0. The fraction of sp³-hybridized carbons (Fsp3) is 0.242. The highest BCUT2D eigenvalue weighted by Crippen LogP contribution is 2.46. The maximum Gasteiger partial charge on any atom is 0.210 e. The summed E-state index contributed by atoms with van der Waals surface area (Å²) in [5, 5.41) is 2.65. The maximum absolute atomic E-state index is 2.34. The largest absolute Gasteiger partial charge is 0.347 e. The molecule has 0 fully saturated rings. The molecule has 0 bridgehead atoms. The van der Waals surface area contributed by atoms with Gasteiger partial charge in [0, 0.05) is 41.6 Å². The molecular weight excluding hydrogens is 424 g/mol. The first-order valence-electron chi connectivity index (χ1n) is 12.4. The lowest BCUT2D eigenvalue weighted by molar-refractivity contribution is -0.401. The van der Waals surface area contributed by atoms with Crippen LogP contribution in [0.25, 0.3) is 10.8 Å². The number of hydrogen-bond acceptors (Lipinski definition) is 1. The van der Waals surface area contributed by atoms with Crippen molar-refractivity contribution in [2.45, 2.75) is 38.5 Å². The first kappa shape index (κ1) is 23.1. The number of likely N-dealkylation sites (N-methyl/N-ethyl adjacent to an activating group) is 1. The van der Waals surface area contributed by atoms with Gasteiger partial charge < -0.3 is 4.90 Å². The van der Waals surface area contributed by atoms with E-state index in [0.717, 1.165) is 0 Å². The summed E-state index contributed by atoms with van der Waals surface area (Å²) in [7, 11) is 4.33. The van der Waals surface area contributed by atoms with Crippen molar-refractivity contribution in [3.05, 3.63) is 120 Å². The van der Waals surface area contributed by atoms with Crippen molar-refractivity contribution in [3.63, 3.8) is 0 Å². The summed E-state index contributed by atoms with van der Waals surface area (Å²) in [6.07, 6.45) is 15.1. The molecule has 3 aromatic rings. The number of fused-ring (bicyclic) bond motifs is 4. The monoisotopic (exact) mass is 459 g/mol. The molecule has 0 amide bonds. The number of hydrogen-bond donors (Lipinski definition) is 0. The molecule has 0 aliphatic carbocycles. The Morgan fingerprint density at radius 3 is 2.23 bits per heavy atom. The standard InChI is InChI=1S/C33H35N2/c1-32(2)26-18-14-15-19-27(26)34(5)29(32)20-10-8-7-9-11-21-30-33(3,4)31-25-17-13-12-16-24(25)22-23-28(31)35(30)6/h7-23H,1-6H3/q+1. The fourth-order valence-corrected chi connectivity index (χ4v) is 5.98. The number of nitrogens with zero attached hydrogens (tertiary/aromatic N) is 2. The molecule has 0 atom stereocenters. The van der Waals surface area contributed by atoms with Crippen LogP contribution in [0.5, 0.6) is 0 Å². The third-order valence-electron chi connectivity index (χ3n) is 7.79. The van der Waals surface area contributed by atoms with E-state index < -0.39 is 0 Å². The third kappa shape index (κ3) is 3.69. The van der Waals surface area contributed by atoms with Crippen LogP contribution in [0.15, 0.2) is 109 Å². The molecule has 0 saturated heterocycles. The van der Waals surface area contributed by atoms with Gasteiger partial charge in [0.25, 0.3) is 0 Å². The van der Waals surface area contributed by atoms with Crippen molar-refractivity contribution in [2.24, 2.45) is 0 Å². The van der Waals surface area contributed by atoms with Crippen LogP contribution in [0.4, 0.5) is 11.4 Å². The van der Waals surface area contributed by atoms with E-state index in [2.05, 4.69) is 154 Å². The summed E-state index contributed by atoms with van der Waals surface area (Å²) < 4.78 is 2.34. The first-order chi connectivity index (χ1) is 16.7. The van der Waals surface area contributed by atoms with Crippen LogP contribution in [-0.4, -0.2) is 24.4 Å². The van der Waals surface area contributed by atoms with Crippen LogP contribution >= 0.6 is 0 Å². The normalized spacial score (nSPS) is 19.7. The molecule has 2 aliphatic rings. The van der Waals surface area contributed by atoms with Gasteiger partial charge in [0.2, 0.25) is 5.69 Å². The van der Waals surface area contributed by atoms with E-state index in [1.54, 1.807) is 0 Å². The molecule has 3 aromatic carbocycles. The number of rotatable bonds is 4. The summed E-state index contributed by atoms with van der Waals surface area (Å²) in [4.78, 5) is 2.30. The van der Waals surface area contributed by atoms with Gasteiger partial charge >= 0.3 is 0 Å². The molecule has 5 rings (SSSR count). The zero-order valence-electron chi connectivity index (χ0n) is 21.7. The highest BCUT2D eigenvalue weighted by molar-refractivity contribution is 6.07. The van der Waals surface area contributed by atoms with Crippen molar-refractivity contribution >= 4 is 27.9 Å². The quantitative estimate of drug-likeness (QED) is 0.285. The van der Waals surface area contributed by atoms with E-state index in [1.807, 2.05) is 0 Å². The summed E-state index contributed by atoms with van der Waals surface area (Å²) >= 11 is 0. The number of anilines is 1. The summed E-state index contributed by atoms with van der Waals surface area (Å²) in [6, 6.07) is 21.9. The molecule has 2 heteroatoms. The Balaban J connectivity index is 1.33. The molecule has 0 spiro atoms. The fourth-order valence-electron chi connectivity index (χ4n) is 5.98. The van der Waals surface area contributed by atoms with Crippen molar-refractivity contribution in [3.8, 4) is 0 Å². The molecule has 2 heterocycles. The second-order valence-corrected chi connectivity index (χ2v) is 10.6. The lowest BCUT2D eigenvalue weighted by atomic mass is 9.79. The highest BCUT2D eigenvalue weighted by atomic mass is 15.2.